The minimum atomic E-state index is -0.531. The number of para-hydroxylation sites is 2. The van der Waals surface area contributed by atoms with E-state index in [4.69, 9.17) is 17.0 Å². The lowest BCUT2D eigenvalue weighted by Crippen LogP contribution is -2.54. The second kappa shape index (κ2) is 9.16. The summed E-state index contributed by atoms with van der Waals surface area (Å²) in [4.78, 5) is 27.1. The Morgan fingerprint density at radius 3 is 2.31 bits per heavy atom. The van der Waals surface area contributed by atoms with Gasteiger partial charge >= 0.3 is 0 Å². The van der Waals surface area contributed by atoms with Crippen molar-refractivity contribution in [3.8, 4) is 5.75 Å². The summed E-state index contributed by atoms with van der Waals surface area (Å²) < 4.78 is 6.05. The summed E-state index contributed by atoms with van der Waals surface area (Å²) in [6.45, 7) is 4.47. The second-order valence-electron chi connectivity index (χ2n) is 7.62. The number of nitrogens with one attached hydrogen (secondary N) is 1. The number of anilines is 1. The second-order valence-corrected chi connectivity index (χ2v) is 8.00. The van der Waals surface area contributed by atoms with Gasteiger partial charge in [0.05, 0.1) is 5.69 Å². The number of carbonyl (C=O) groups is 2. The summed E-state index contributed by atoms with van der Waals surface area (Å²) in [6, 6.07) is 22.6. The van der Waals surface area contributed by atoms with Crippen molar-refractivity contribution in [3.05, 3.63) is 101 Å². The van der Waals surface area contributed by atoms with Gasteiger partial charge < -0.3 is 4.74 Å². The first-order valence-corrected chi connectivity index (χ1v) is 10.6. The van der Waals surface area contributed by atoms with Gasteiger partial charge in [-0.05, 0) is 55.9 Å². The van der Waals surface area contributed by atoms with Crippen LogP contribution >= 0.6 is 12.2 Å². The maximum absolute atomic E-state index is 13.2. The Balaban J connectivity index is 1.63. The molecule has 1 N–H and O–H groups in total. The molecule has 0 atom stereocenters. The molecule has 3 aromatic rings. The lowest BCUT2D eigenvalue weighted by Gasteiger charge is -2.28. The van der Waals surface area contributed by atoms with E-state index in [0.29, 0.717) is 23.6 Å². The monoisotopic (exact) mass is 442 g/mol. The average molecular weight is 443 g/mol. The van der Waals surface area contributed by atoms with Gasteiger partial charge in [0.2, 0.25) is 0 Å². The largest absolute Gasteiger partial charge is 0.488 e. The number of nitrogens with zero attached hydrogens (tertiary/aromatic N) is 1. The molecule has 3 aromatic carbocycles. The van der Waals surface area contributed by atoms with Crippen LogP contribution in [0.3, 0.4) is 0 Å². The molecule has 160 valence electrons. The van der Waals surface area contributed by atoms with Crippen LogP contribution in [0.1, 0.15) is 22.3 Å². The maximum atomic E-state index is 13.2. The highest BCUT2D eigenvalue weighted by atomic mass is 32.1. The quantitative estimate of drug-likeness (QED) is 0.353. The van der Waals surface area contributed by atoms with Crippen LogP contribution in [-0.2, 0) is 16.2 Å². The van der Waals surface area contributed by atoms with Crippen molar-refractivity contribution >= 4 is 40.9 Å². The van der Waals surface area contributed by atoms with E-state index in [1.54, 1.807) is 30.3 Å². The maximum Gasteiger partial charge on any atom is 0.270 e. The van der Waals surface area contributed by atoms with Crippen LogP contribution in [0, 0.1) is 13.8 Å². The lowest BCUT2D eigenvalue weighted by atomic mass is 10.1. The first-order chi connectivity index (χ1) is 15.4. The molecule has 1 aliphatic rings. The Morgan fingerprint density at radius 2 is 1.59 bits per heavy atom. The van der Waals surface area contributed by atoms with Crippen molar-refractivity contribution < 1.29 is 14.3 Å². The molecule has 2 amide bonds. The molecule has 0 aromatic heterocycles. The molecular formula is C26H22N2O3S. The van der Waals surface area contributed by atoms with Gasteiger partial charge in [-0.2, -0.15) is 0 Å². The van der Waals surface area contributed by atoms with Gasteiger partial charge in [-0.1, -0.05) is 65.7 Å². The number of thiocarbonyl (C=S) groups is 1. The predicted octanol–water partition coefficient (Wildman–Crippen LogP) is 4.71. The first-order valence-electron chi connectivity index (χ1n) is 10.2. The molecule has 1 fully saturated rings. The van der Waals surface area contributed by atoms with E-state index in [2.05, 4.69) is 23.5 Å². The number of amides is 2. The molecule has 5 nitrogen and oxygen atoms in total. The molecule has 0 bridgehead atoms. The third kappa shape index (κ3) is 4.60. The number of aryl methyl sites for hydroxylation is 2. The van der Waals surface area contributed by atoms with Crippen molar-refractivity contribution in [1.82, 2.24) is 5.32 Å². The highest BCUT2D eigenvalue weighted by Crippen LogP contribution is 2.26. The fourth-order valence-corrected chi connectivity index (χ4v) is 3.95. The topological polar surface area (TPSA) is 58.6 Å². The molecule has 4 rings (SSSR count). The van der Waals surface area contributed by atoms with E-state index in [1.807, 2.05) is 44.2 Å². The molecule has 0 saturated carbocycles. The molecule has 1 aliphatic heterocycles. The van der Waals surface area contributed by atoms with Crippen LogP contribution in [0.5, 0.6) is 5.75 Å². The van der Waals surface area contributed by atoms with Gasteiger partial charge in [-0.15, -0.1) is 0 Å². The average Bonchev–Trinajstić information content (AvgIpc) is 2.76. The summed E-state index contributed by atoms with van der Waals surface area (Å²) in [5, 5.41) is 2.66. The fourth-order valence-electron chi connectivity index (χ4n) is 3.67. The molecule has 32 heavy (non-hydrogen) atoms. The van der Waals surface area contributed by atoms with Crippen molar-refractivity contribution in [2.75, 3.05) is 4.90 Å². The van der Waals surface area contributed by atoms with Gasteiger partial charge in [0.15, 0.2) is 5.11 Å². The predicted molar refractivity (Wildman–Crippen MR) is 129 cm³/mol. The Morgan fingerprint density at radius 1 is 0.938 bits per heavy atom. The summed E-state index contributed by atoms with van der Waals surface area (Å²) in [6.07, 6.45) is 1.55. The van der Waals surface area contributed by atoms with Crippen LogP contribution in [0.4, 0.5) is 5.69 Å². The zero-order chi connectivity index (χ0) is 22.7. The molecule has 0 spiro atoms. The van der Waals surface area contributed by atoms with Gasteiger partial charge in [-0.3, -0.25) is 19.8 Å². The Hall–Kier alpha value is -3.77. The number of carbonyl (C=O) groups excluding carboxylic acids is 2. The highest BCUT2D eigenvalue weighted by molar-refractivity contribution is 7.80. The fraction of sp³-hybridized carbons (Fsp3) is 0.115. The number of hydrogen-bond acceptors (Lipinski definition) is 4. The highest BCUT2D eigenvalue weighted by Gasteiger charge is 2.34. The van der Waals surface area contributed by atoms with Gasteiger partial charge in [0, 0.05) is 5.56 Å². The molecule has 0 aliphatic carbocycles. The van der Waals surface area contributed by atoms with Crippen LogP contribution in [0.2, 0.25) is 0 Å². The van der Waals surface area contributed by atoms with E-state index in [1.165, 1.54) is 16.0 Å². The zero-order valence-electron chi connectivity index (χ0n) is 17.8. The molecule has 1 heterocycles. The van der Waals surface area contributed by atoms with Crippen molar-refractivity contribution in [1.29, 1.82) is 0 Å². The molecular weight excluding hydrogens is 420 g/mol. The summed E-state index contributed by atoms with van der Waals surface area (Å²) in [7, 11) is 0. The van der Waals surface area contributed by atoms with Gasteiger partial charge in [0.1, 0.15) is 17.9 Å². The Bertz CT molecular complexity index is 1210. The smallest absolute Gasteiger partial charge is 0.270 e. The Kier molecular flexibility index (Phi) is 6.14. The minimum Gasteiger partial charge on any atom is -0.488 e. The number of benzene rings is 3. The van der Waals surface area contributed by atoms with Crippen LogP contribution < -0.4 is 15.0 Å². The first kappa shape index (κ1) is 21.5. The van der Waals surface area contributed by atoms with Crippen LogP contribution in [0.25, 0.3) is 6.08 Å². The van der Waals surface area contributed by atoms with Crippen molar-refractivity contribution in [2.24, 2.45) is 0 Å². The molecule has 6 heteroatoms. The minimum absolute atomic E-state index is 0.00935. The summed E-state index contributed by atoms with van der Waals surface area (Å²) in [5.41, 5.74) is 4.60. The van der Waals surface area contributed by atoms with E-state index in [9.17, 15) is 9.59 Å². The normalized spacial score (nSPS) is 15.1. The number of hydrogen-bond donors (Lipinski definition) is 1. The van der Waals surface area contributed by atoms with Gasteiger partial charge in [-0.25, -0.2) is 0 Å². The van der Waals surface area contributed by atoms with Crippen LogP contribution in [0.15, 0.2) is 78.4 Å². The Labute approximate surface area is 192 Å². The SMILES string of the molecule is Cc1cc(C)cc(COc2ccccc2/C=C2/C(=O)NC(=S)N(c3ccccc3)C2=O)c1. The van der Waals surface area contributed by atoms with Crippen molar-refractivity contribution in [2.45, 2.75) is 20.5 Å². The van der Waals surface area contributed by atoms with Gasteiger partial charge in [0.25, 0.3) is 11.8 Å². The van der Waals surface area contributed by atoms with Crippen LogP contribution in [-0.4, -0.2) is 16.9 Å². The molecule has 1 saturated heterocycles. The van der Waals surface area contributed by atoms with Crippen molar-refractivity contribution in [3.63, 3.8) is 0 Å². The van der Waals surface area contributed by atoms with E-state index < -0.39 is 11.8 Å². The van der Waals surface area contributed by atoms with E-state index in [0.717, 1.165) is 5.56 Å². The third-order valence-corrected chi connectivity index (χ3v) is 5.30. The summed E-state index contributed by atoms with van der Waals surface area (Å²) >= 11 is 5.24. The molecule has 0 unspecified atom stereocenters. The lowest BCUT2D eigenvalue weighted by molar-refractivity contribution is -0.122. The zero-order valence-corrected chi connectivity index (χ0v) is 18.6. The van der Waals surface area contributed by atoms with E-state index in [-0.39, 0.29) is 10.7 Å². The third-order valence-electron chi connectivity index (χ3n) is 5.01. The number of ether oxygens (including phenoxy) is 1. The number of rotatable bonds is 5. The van der Waals surface area contributed by atoms with E-state index >= 15 is 0 Å². The summed E-state index contributed by atoms with van der Waals surface area (Å²) in [5.74, 6) is -0.426. The standard InChI is InChI=1S/C26H22N2O3S/c1-17-12-18(2)14-19(13-17)16-31-23-11-7-6-8-20(23)15-22-24(29)27-26(32)28(25(22)30)21-9-4-3-5-10-21/h3-15H,16H2,1-2H3,(H,27,29,32)/b22-15-. The molecule has 0 radical (unpaired) electrons.